The number of halogens is 6. The van der Waals surface area contributed by atoms with Crippen LogP contribution in [0.25, 0.3) is 11.1 Å². The molecular weight excluding hydrogens is 633 g/mol. The molecule has 6 rings (SSSR count). The molecule has 2 aromatic carbocycles. The van der Waals surface area contributed by atoms with E-state index < -0.39 is 45.2 Å². The SMILES string of the molecule is O=C1NCCN1c1cc(S(=O)(=O)Nc2c(F)cc(Cl)cc2F)cc2c1N(c1ncc(-c3ccc(C(F)(F)F)nc3)cn1)CC2. The number of nitrogens with zero attached hydrogens (tertiary/aromatic N) is 5. The van der Waals surface area contributed by atoms with Gasteiger partial charge < -0.3 is 10.2 Å². The summed E-state index contributed by atoms with van der Waals surface area (Å²) in [5.74, 6) is -2.23. The summed E-state index contributed by atoms with van der Waals surface area (Å²) in [4.78, 5) is 27.5. The summed E-state index contributed by atoms with van der Waals surface area (Å²) in [6, 6.07) is 5.71. The Bertz CT molecular complexity index is 1870. The van der Waals surface area contributed by atoms with Crippen LogP contribution in [0.1, 0.15) is 11.3 Å². The van der Waals surface area contributed by atoms with Crippen LogP contribution >= 0.6 is 11.6 Å². The van der Waals surface area contributed by atoms with E-state index in [0.29, 0.717) is 28.8 Å². The van der Waals surface area contributed by atoms with Gasteiger partial charge in [0.05, 0.1) is 16.3 Å². The van der Waals surface area contributed by atoms with Crippen molar-refractivity contribution in [3.05, 3.63) is 82.9 Å². The van der Waals surface area contributed by atoms with Crippen LogP contribution in [0.15, 0.2) is 59.9 Å². The molecule has 0 saturated carbocycles. The number of benzene rings is 2. The molecule has 0 radical (unpaired) electrons. The largest absolute Gasteiger partial charge is 0.433 e. The summed E-state index contributed by atoms with van der Waals surface area (Å²) in [5.41, 5.74) is -0.0285. The minimum Gasteiger partial charge on any atom is -0.336 e. The Hall–Kier alpha value is -4.57. The van der Waals surface area contributed by atoms with Crippen molar-refractivity contribution in [1.29, 1.82) is 0 Å². The Morgan fingerprint density at radius 1 is 0.909 bits per heavy atom. The van der Waals surface area contributed by atoms with Crippen LogP contribution in [0, 0.1) is 11.6 Å². The molecular formula is C27H19ClF5N7O3S. The predicted molar refractivity (Wildman–Crippen MR) is 150 cm³/mol. The zero-order chi connectivity index (χ0) is 31.4. The molecule has 228 valence electrons. The molecule has 1 fully saturated rings. The van der Waals surface area contributed by atoms with E-state index in [1.807, 2.05) is 4.72 Å². The number of urea groups is 1. The number of rotatable bonds is 6. The van der Waals surface area contributed by atoms with Crippen LogP contribution in [-0.2, 0) is 22.6 Å². The van der Waals surface area contributed by atoms with Crippen molar-refractivity contribution in [1.82, 2.24) is 20.3 Å². The van der Waals surface area contributed by atoms with Crippen molar-refractivity contribution >= 4 is 50.7 Å². The molecule has 10 nitrogen and oxygen atoms in total. The molecule has 4 aromatic rings. The van der Waals surface area contributed by atoms with Gasteiger partial charge in [-0.1, -0.05) is 17.7 Å². The van der Waals surface area contributed by atoms with E-state index in [0.717, 1.165) is 24.4 Å². The molecule has 2 aromatic heterocycles. The van der Waals surface area contributed by atoms with E-state index in [2.05, 4.69) is 20.3 Å². The van der Waals surface area contributed by atoms with Crippen LogP contribution in [0.3, 0.4) is 0 Å². The van der Waals surface area contributed by atoms with Crippen molar-refractivity contribution in [3.8, 4) is 11.1 Å². The van der Waals surface area contributed by atoms with Gasteiger partial charge >= 0.3 is 12.2 Å². The molecule has 4 heterocycles. The fourth-order valence-corrected chi connectivity index (χ4v) is 6.27. The minimum atomic E-state index is -4.58. The highest BCUT2D eigenvalue weighted by molar-refractivity contribution is 7.92. The highest BCUT2D eigenvalue weighted by atomic mass is 35.5. The number of hydrogen-bond donors (Lipinski definition) is 2. The van der Waals surface area contributed by atoms with E-state index >= 15 is 0 Å². The second kappa shape index (κ2) is 10.9. The lowest BCUT2D eigenvalue weighted by Gasteiger charge is -2.25. The normalized spacial score (nSPS) is 15.0. The summed E-state index contributed by atoms with van der Waals surface area (Å²) < 4.78 is 96.1. The Morgan fingerprint density at radius 2 is 1.59 bits per heavy atom. The van der Waals surface area contributed by atoms with E-state index in [1.54, 1.807) is 4.90 Å². The lowest BCUT2D eigenvalue weighted by Crippen LogP contribution is -2.30. The van der Waals surface area contributed by atoms with E-state index in [4.69, 9.17) is 11.6 Å². The molecule has 17 heteroatoms. The van der Waals surface area contributed by atoms with Gasteiger partial charge in [-0.2, -0.15) is 13.2 Å². The maximum absolute atomic E-state index is 14.4. The summed E-state index contributed by atoms with van der Waals surface area (Å²) in [6.07, 6.45) is -0.397. The minimum absolute atomic E-state index is 0.187. The van der Waals surface area contributed by atoms with Crippen LogP contribution in [0.4, 0.5) is 49.8 Å². The number of amides is 2. The zero-order valence-corrected chi connectivity index (χ0v) is 23.7. The molecule has 2 aliphatic heterocycles. The molecule has 2 aliphatic rings. The van der Waals surface area contributed by atoms with Crippen molar-refractivity contribution < 1.29 is 35.2 Å². The molecule has 0 spiro atoms. The fraction of sp³-hybridized carbons (Fsp3) is 0.185. The number of sulfonamides is 1. The predicted octanol–water partition coefficient (Wildman–Crippen LogP) is 5.51. The van der Waals surface area contributed by atoms with Gasteiger partial charge in [0.15, 0.2) is 11.6 Å². The smallest absolute Gasteiger partial charge is 0.336 e. The second-order valence-electron chi connectivity index (χ2n) is 9.79. The fourth-order valence-electron chi connectivity index (χ4n) is 4.93. The Balaban J connectivity index is 1.36. The first-order valence-corrected chi connectivity index (χ1v) is 14.7. The summed E-state index contributed by atoms with van der Waals surface area (Å²) >= 11 is 5.65. The number of aromatic nitrogens is 3. The standard InChI is InChI=1S/C27H19ClF5N7O3S/c28-17-8-19(29)23(20(30)9-17)38-44(42,43)18-7-14-3-5-40(24(14)21(10-18)39-6-4-34-26(39)41)25-36-12-16(13-37-25)15-1-2-22(35-11-15)27(31,32)33/h1-2,7-13,38H,3-6H2,(H,34,41). The van der Waals surface area contributed by atoms with E-state index in [9.17, 15) is 35.2 Å². The third-order valence-corrected chi connectivity index (χ3v) is 8.53. The maximum atomic E-state index is 14.4. The third-order valence-electron chi connectivity index (χ3n) is 6.98. The number of carbonyl (C=O) groups excluding carboxylic acids is 1. The van der Waals surface area contributed by atoms with Crippen LogP contribution in [-0.4, -0.2) is 49.0 Å². The van der Waals surface area contributed by atoms with Crippen LogP contribution in [0.5, 0.6) is 0 Å². The second-order valence-corrected chi connectivity index (χ2v) is 11.9. The van der Waals surface area contributed by atoms with Gasteiger partial charge in [-0.05, 0) is 42.3 Å². The van der Waals surface area contributed by atoms with Gasteiger partial charge in [0.25, 0.3) is 10.0 Å². The molecule has 2 amide bonds. The van der Waals surface area contributed by atoms with Crippen molar-refractivity contribution in [3.63, 3.8) is 0 Å². The first-order chi connectivity index (χ1) is 20.8. The Labute approximate surface area is 251 Å². The highest BCUT2D eigenvalue weighted by Crippen LogP contribution is 2.43. The summed E-state index contributed by atoms with van der Waals surface area (Å²) in [7, 11) is -4.55. The van der Waals surface area contributed by atoms with Crippen LogP contribution < -0.4 is 19.8 Å². The maximum Gasteiger partial charge on any atom is 0.433 e. The van der Waals surface area contributed by atoms with E-state index in [-0.39, 0.29) is 41.2 Å². The molecule has 1 saturated heterocycles. The van der Waals surface area contributed by atoms with Gasteiger partial charge in [-0.3, -0.25) is 14.6 Å². The first kappa shape index (κ1) is 29.5. The lowest BCUT2D eigenvalue weighted by atomic mass is 10.1. The highest BCUT2D eigenvalue weighted by Gasteiger charge is 2.35. The summed E-state index contributed by atoms with van der Waals surface area (Å²) in [5, 5.41) is 2.40. The number of anilines is 4. The monoisotopic (exact) mass is 651 g/mol. The van der Waals surface area contributed by atoms with Gasteiger partial charge in [0.2, 0.25) is 5.95 Å². The molecule has 0 aliphatic carbocycles. The quantitative estimate of drug-likeness (QED) is 0.264. The Morgan fingerprint density at radius 3 is 2.18 bits per heavy atom. The molecule has 2 N–H and O–H groups in total. The number of alkyl halides is 3. The van der Waals surface area contributed by atoms with Crippen LogP contribution in [0.2, 0.25) is 5.02 Å². The number of pyridine rings is 1. The third kappa shape index (κ3) is 5.45. The van der Waals surface area contributed by atoms with Crippen molar-refractivity contribution in [2.45, 2.75) is 17.5 Å². The number of nitrogens with one attached hydrogen (secondary N) is 2. The average molecular weight is 652 g/mol. The lowest BCUT2D eigenvalue weighted by molar-refractivity contribution is -0.141. The topological polar surface area (TPSA) is 120 Å². The number of carbonyl (C=O) groups is 1. The summed E-state index contributed by atoms with van der Waals surface area (Å²) in [6.45, 7) is 0.782. The van der Waals surface area contributed by atoms with Gasteiger partial charge in [0.1, 0.15) is 11.4 Å². The van der Waals surface area contributed by atoms with Gasteiger partial charge in [-0.25, -0.2) is 32.0 Å². The molecule has 0 bridgehead atoms. The zero-order valence-electron chi connectivity index (χ0n) is 22.2. The first-order valence-electron chi connectivity index (χ1n) is 12.8. The number of hydrogen-bond acceptors (Lipinski definition) is 7. The van der Waals surface area contributed by atoms with Gasteiger partial charge in [0, 0.05) is 54.4 Å². The van der Waals surface area contributed by atoms with E-state index in [1.165, 1.54) is 35.5 Å². The Kier molecular flexibility index (Phi) is 7.28. The van der Waals surface area contributed by atoms with Crippen molar-refractivity contribution in [2.24, 2.45) is 0 Å². The van der Waals surface area contributed by atoms with Crippen molar-refractivity contribution in [2.75, 3.05) is 34.2 Å². The average Bonchev–Trinajstić information content (AvgIpc) is 3.60. The number of fused-ring (bicyclic) bond motifs is 1. The van der Waals surface area contributed by atoms with Gasteiger partial charge in [-0.15, -0.1) is 0 Å². The molecule has 44 heavy (non-hydrogen) atoms. The molecule has 0 atom stereocenters. The molecule has 0 unspecified atom stereocenters.